The van der Waals surface area contributed by atoms with Gasteiger partial charge in [0.15, 0.2) is 0 Å². The van der Waals surface area contributed by atoms with E-state index in [0.717, 1.165) is 11.7 Å². The van der Waals surface area contributed by atoms with E-state index in [0.29, 0.717) is 12.1 Å². The smallest absolute Gasteiger partial charge is 0.118 e. The van der Waals surface area contributed by atoms with Gasteiger partial charge in [-0.2, -0.15) is 11.8 Å². The van der Waals surface area contributed by atoms with E-state index in [9.17, 15) is 0 Å². The lowest BCUT2D eigenvalue weighted by Crippen LogP contribution is -2.32. The van der Waals surface area contributed by atoms with Gasteiger partial charge >= 0.3 is 0 Å². The average molecular weight is 293 g/mol. The predicted molar refractivity (Wildman–Crippen MR) is 88.7 cm³/mol. The Balaban J connectivity index is 1.92. The van der Waals surface area contributed by atoms with Gasteiger partial charge in [-0.25, -0.2) is 0 Å². The molecule has 1 aromatic rings. The molecule has 0 spiro atoms. The lowest BCUT2D eigenvalue weighted by molar-refractivity contribution is 0.407. The fraction of sp³-hybridized carbons (Fsp3) is 0.647. The van der Waals surface area contributed by atoms with E-state index in [1.807, 2.05) is 11.8 Å². The van der Waals surface area contributed by atoms with Gasteiger partial charge in [-0.15, -0.1) is 0 Å². The van der Waals surface area contributed by atoms with Crippen molar-refractivity contribution in [2.24, 2.45) is 5.92 Å². The van der Waals surface area contributed by atoms with Crippen LogP contribution in [-0.4, -0.2) is 24.7 Å². The molecule has 3 heteroatoms. The van der Waals surface area contributed by atoms with Gasteiger partial charge in [-0.1, -0.05) is 19.1 Å². The van der Waals surface area contributed by atoms with E-state index in [1.54, 1.807) is 7.11 Å². The summed E-state index contributed by atoms with van der Waals surface area (Å²) in [6, 6.07) is 9.67. The van der Waals surface area contributed by atoms with E-state index in [2.05, 4.69) is 43.4 Å². The maximum Gasteiger partial charge on any atom is 0.118 e. The maximum atomic E-state index is 5.25. The summed E-state index contributed by atoms with van der Waals surface area (Å²) >= 11 is 2.03. The zero-order valence-electron chi connectivity index (χ0n) is 12.9. The third kappa shape index (κ3) is 4.71. The Morgan fingerprint density at radius 1 is 1.30 bits per heavy atom. The van der Waals surface area contributed by atoms with Crippen LogP contribution < -0.4 is 10.1 Å². The molecule has 0 saturated heterocycles. The van der Waals surface area contributed by atoms with E-state index in [4.69, 9.17) is 4.74 Å². The topological polar surface area (TPSA) is 21.3 Å². The first-order chi connectivity index (χ1) is 9.74. The summed E-state index contributed by atoms with van der Waals surface area (Å²) in [4.78, 5) is 0. The maximum absolute atomic E-state index is 5.25. The molecule has 2 rings (SSSR count). The third-order valence-electron chi connectivity index (χ3n) is 3.93. The molecule has 0 aromatic heterocycles. The first kappa shape index (κ1) is 15.7. The van der Waals surface area contributed by atoms with Crippen molar-refractivity contribution in [3.8, 4) is 5.75 Å². The molecule has 1 aliphatic rings. The summed E-state index contributed by atoms with van der Waals surface area (Å²) in [5, 5.41) is 3.84. The van der Waals surface area contributed by atoms with Gasteiger partial charge < -0.3 is 10.1 Å². The van der Waals surface area contributed by atoms with Crippen LogP contribution in [0.5, 0.6) is 5.75 Å². The standard InChI is InChI=1S/C17H27NOS/c1-4-20-12-11-13(2)18-17(14-5-6-14)15-7-9-16(19-3)10-8-15/h7-10,13-14,17-18H,4-6,11-12H2,1-3H3. The summed E-state index contributed by atoms with van der Waals surface area (Å²) in [6.45, 7) is 4.54. The fourth-order valence-corrected chi connectivity index (χ4v) is 3.35. The van der Waals surface area contributed by atoms with Gasteiger partial charge in [0, 0.05) is 12.1 Å². The highest BCUT2D eigenvalue weighted by Crippen LogP contribution is 2.41. The summed E-state index contributed by atoms with van der Waals surface area (Å²) in [6.07, 6.45) is 3.97. The van der Waals surface area contributed by atoms with Crippen molar-refractivity contribution < 1.29 is 4.74 Å². The molecule has 1 saturated carbocycles. The molecule has 0 heterocycles. The third-order valence-corrected chi connectivity index (χ3v) is 4.86. The number of hydrogen-bond acceptors (Lipinski definition) is 3. The van der Waals surface area contributed by atoms with E-state index in [1.165, 1.54) is 36.3 Å². The highest BCUT2D eigenvalue weighted by atomic mass is 32.2. The molecule has 1 N–H and O–H groups in total. The van der Waals surface area contributed by atoms with Crippen molar-refractivity contribution in [2.45, 2.75) is 45.2 Å². The number of methoxy groups -OCH3 is 1. The van der Waals surface area contributed by atoms with E-state index >= 15 is 0 Å². The molecule has 20 heavy (non-hydrogen) atoms. The van der Waals surface area contributed by atoms with Gasteiger partial charge in [0.05, 0.1) is 7.11 Å². The van der Waals surface area contributed by atoms with Gasteiger partial charge in [0.2, 0.25) is 0 Å². The monoisotopic (exact) mass is 293 g/mol. The van der Waals surface area contributed by atoms with Crippen molar-refractivity contribution in [3.63, 3.8) is 0 Å². The second-order valence-electron chi connectivity index (χ2n) is 5.64. The average Bonchev–Trinajstić information content (AvgIpc) is 3.30. The largest absolute Gasteiger partial charge is 0.497 e. The normalized spacial score (nSPS) is 17.8. The van der Waals surface area contributed by atoms with Crippen LogP contribution in [-0.2, 0) is 0 Å². The van der Waals surface area contributed by atoms with Gasteiger partial charge in [-0.3, -0.25) is 0 Å². The molecule has 2 nitrogen and oxygen atoms in total. The van der Waals surface area contributed by atoms with Gasteiger partial charge in [0.1, 0.15) is 5.75 Å². The molecule has 2 atom stereocenters. The Labute approximate surface area is 127 Å². The molecule has 1 fully saturated rings. The van der Waals surface area contributed by atoms with Crippen LogP contribution in [0, 0.1) is 5.92 Å². The lowest BCUT2D eigenvalue weighted by atomic mass is 10.0. The SMILES string of the molecule is CCSCCC(C)NC(c1ccc(OC)cc1)C1CC1. The highest BCUT2D eigenvalue weighted by Gasteiger charge is 2.32. The van der Waals surface area contributed by atoms with E-state index < -0.39 is 0 Å². The Morgan fingerprint density at radius 2 is 2.00 bits per heavy atom. The Hall–Kier alpha value is -0.670. The van der Waals surface area contributed by atoms with Crippen LogP contribution >= 0.6 is 11.8 Å². The Morgan fingerprint density at radius 3 is 2.55 bits per heavy atom. The number of ether oxygens (including phenoxy) is 1. The molecular weight excluding hydrogens is 266 g/mol. The van der Waals surface area contributed by atoms with Crippen LogP contribution in [0.4, 0.5) is 0 Å². The molecule has 112 valence electrons. The zero-order valence-corrected chi connectivity index (χ0v) is 13.7. The number of hydrogen-bond donors (Lipinski definition) is 1. The quantitative estimate of drug-likeness (QED) is 0.687. The fourth-order valence-electron chi connectivity index (χ4n) is 2.54. The van der Waals surface area contributed by atoms with Crippen LogP contribution in [0.1, 0.15) is 44.7 Å². The second kappa shape index (κ2) is 7.94. The summed E-state index contributed by atoms with van der Waals surface area (Å²) < 4.78 is 5.25. The van der Waals surface area contributed by atoms with Crippen LogP contribution in [0.15, 0.2) is 24.3 Å². The number of nitrogens with one attached hydrogen (secondary N) is 1. The number of rotatable bonds is 9. The second-order valence-corrected chi connectivity index (χ2v) is 7.04. The molecule has 1 aliphatic carbocycles. The molecular formula is C17H27NOS. The predicted octanol–water partition coefficient (Wildman–Crippen LogP) is 4.27. The number of benzene rings is 1. The number of thioether (sulfide) groups is 1. The van der Waals surface area contributed by atoms with E-state index in [-0.39, 0.29) is 0 Å². The minimum atomic E-state index is 0.516. The van der Waals surface area contributed by atoms with Crippen LogP contribution in [0.2, 0.25) is 0 Å². The first-order valence-corrected chi connectivity index (χ1v) is 8.87. The van der Waals surface area contributed by atoms with Crippen molar-refractivity contribution in [1.82, 2.24) is 5.32 Å². The van der Waals surface area contributed by atoms with Crippen molar-refractivity contribution >= 4 is 11.8 Å². The summed E-state index contributed by atoms with van der Waals surface area (Å²) in [5.41, 5.74) is 1.41. The van der Waals surface area contributed by atoms with Crippen molar-refractivity contribution in [2.75, 3.05) is 18.6 Å². The summed E-state index contributed by atoms with van der Waals surface area (Å²) in [5.74, 6) is 4.24. The van der Waals surface area contributed by atoms with Crippen LogP contribution in [0.3, 0.4) is 0 Å². The molecule has 0 amide bonds. The van der Waals surface area contributed by atoms with Crippen molar-refractivity contribution in [3.05, 3.63) is 29.8 Å². The molecule has 0 radical (unpaired) electrons. The zero-order chi connectivity index (χ0) is 14.4. The van der Waals surface area contributed by atoms with Crippen molar-refractivity contribution in [1.29, 1.82) is 0 Å². The van der Waals surface area contributed by atoms with Crippen LogP contribution in [0.25, 0.3) is 0 Å². The summed E-state index contributed by atoms with van der Waals surface area (Å²) in [7, 11) is 1.72. The lowest BCUT2D eigenvalue weighted by Gasteiger charge is -2.24. The van der Waals surface area contributed by atoms with Gasteiger partial charge in [-0.05, 0) is 61.3 Å². The first-order valence-electron chi connectivity index (χ1n) is 7.72. The minimum absolute atomic E-state index is 0.516. The molecule has 0 aliphatic heterocycles. The Kier molecular flexibility index (Phi) is 6.24. The Bertz CT molecular complexity index is 388. The molecule has 2 unspecified atom stereocenters. The van der Waals surface area contributed by atoms with Gasteiger partial charge in [0.25, 0.3) is 0 Å². The molecule has 0 bridgehead atoms. The highest BCUT2D eigenvalue weighted by molar-refractivity contribution is 7.99. The minimum Gasteiger partial charge on any atom is -0.497 e. The molecule has 1 aromatic carbocycles.